The Bertz CT molecular complexity index is 1610. The van der Waals surface area contributed by atoms with E-state index < -0.39 is 0 Å². The summed E-state index contributed by atoms with van der Waals surface area (Å²) >= 11 is 6.16. The molecule has 3 heterocycles. The SMILES string of the molecule is COc1cccc(COc2cccn3c(=O)c(-c4cc(C)n(-c5cccc(Cl)c5)n4)c(C)nc23)c1. The third kappa shape index (κ3) is 4.38. The quantitative estimate of drug-likeness (QED) is 0.321. The van der Waals surface area contributed by atoms with Crippen LogP contribution in [0.4, 0.5) is 0 Å². The molecular weight excluding hydrogens is 464 g/mol. The van der Waals surface area contributed by atoms with Gasteiger partial charge in [-0.2, -0.15) is 5.10 Å². The van der Waals surface area contributed by atoms with Crippen molar-refractivity contribution < 1.29 is 9.47 Å². The highest BCUT2D eigenvalue weighted by Crippen LogP contribution is 2.25. The summed E-state index contributed by atoms with van der Waals surface area (Å²) in [6.07, 6.45) is 1.69. The summed E-state index contributed by atoms with van der Waals surface area (Å²) < 4.78 is 14.6. The molecule has 0 amide bonds. The van der Waals surface area contributed by atoms with Gasteiger partial charge in [0, 0.05) is 16.9 Å². The van der Waals surface area contributed by atoms with Gasteiger partial charge in [-0.1, -0.05) is 29.8 Å². The van der Waals surface area contributed by atoms with Crippen molar-refractivity contribution in [2.45, 2.75) is 20.5 Å². The molecule has 7 nitrogen and oxygen atoms in total. The maximum atomic E-state index is 13.6. The van der Waals surface area contributed by atoms with Crippen molar-refractivity contribution in [1.82, 2.24) is 19.2 Å². The minimum Gasteiger partial charge on any atom is -0.497 e. The topological polar surface area (TPSA) is 70.7 Å². The number of benzene rings is 2. The van der Waals surface area contributed by atoms with Gasteiger partial charge in [0.05, 0.1) is 24.1 Å². The van der Waals surface area contributed by atoms with Gasteiger partial charge in [0.25, 0.3) is 5.56 Å². The van der Waals surface area contributed by atoms with Crippen LogP contribution in [0.5, 0.6) is 11.5 Å². The molecule has 0 aliphatic rings. The average molecular weight is 487 g/mol. The zero-order valence-electron chi connectivity index (χ0n) is 19.5. The van der Waals surface area contributed by atoms with Crippen LogP contribution >= 0.6 is 11.6 Å². The summed E-state index contributed by atoms with van der Waals surface area (Å²) in [6.45, 7) is 4.06. The number of rotatable bonds is 6. The molecule has 0 spiro atoms. The number of halogens is 1. The molecule has 8 heteroatoms. The number of aryl methyl sites for hydroxylation is 2. The Morgan fingerprint density at radius 1 is 1.00 bits per heavy atom. The largest absolute Gasteiger partial charge is 0.497 e. The van der Waals surface area contributed by atoms with E-state index in [9.17, 15) is 4.79 Å². The first kappa shape index (κ1) is 22.7. The van der Waals surface area contributed by atoms with E-state index in [0.717, 1.165) is 22.7 Å². The van der Waals surface area contributed by atoms with Gasteiger partial charge >= 0.3 is 0 Å². The van der Waals surface area contributed by atoms with Crippen LogP contribution in [0.3, 0.4) is 0 Å². The number of aromatic nitrogens is 4. The molecule has 0 radical (unpaired) electrons. The molecule has 0 fully saturated rings. The molecule has 3 aromatic heterocycles. The molecule has 5 aromatic rings. The monoisotopic (exact) mass is 486 g/mol. The fourth-order valence-corrected chi connectivity index (χ4v) is 4.22. The second-order valence-electron chi connectivity index (χ2n) is 8.15. The molecule has 0 atom stereocenters. The lowest BCUT2D eigenvalue weighted by atomic mass is 10.1. The van der Waals surface area contributed by atoms with Crippen molar-refractivity contribution in [3.8, 4) is 28.4 Å². The number of ether oxygens (including phenoxy) is 2. The summed E-state index contributed by atoms with van der Waals surface area (Å²) in [4.78, 5) is 18.3. The van der Waals surface area contributed by atoms with E-state index in [2.05, 4.69) is 0 Å². The number of nitrogens with zero attached hydrogens (tertiary/aromatic N) is 4. The predicted molar refractivity (Wildman–Crippen MR) is 136 cm³/mol. The van der Waals surface area contributed by atoms with E-state index in [4.69, 9.17) is 31.2 Å². The zero-order valence-corrected chi connectivity index (χ0v) is 20.3. The van der Waals surface area contributed by atoms with Crippen molar-refractivity contribution in [2.75, 3.05) is 7.11 Å². The van der Waals surface area contributed by atoms with E-state index in [0.29, 0.717) is 40.0 Å². The van der Waals surface area contributed by atoms with Gasteiger partial charge < -0.3 is 9.47 Å². The van der Waals surface area contributed by atoms with E-state index in [1.807, 2.05) is 68.4 Å². The summed E-state index contributed by atoms with van der Waals surface area (Å²) in [6, 6.07) is 20.5. The third-order valence-corrected chi connectivity index (χ3v) is 5.96. The number of pyridine rings is 1. The first-order chi connectivity index (χ1) is 16.9. The molecule has 0 unspecified atom stereocenters. The van der Waals surface area contributed by atoms with Crippen molar-refractivity contribution in [1.29, 1.82) is 0 Å². The summed E-state index contributed by atoms with van der Waals surface area (Å²) in [5.74, 6) is 1.27. The molecule has 0 bridgehead atoms. The maximum Gasteiger partial charge on any atom is 0.267 e. The highest BCUT2D eigenvalue weighted by Gasteiger charge is 2.18. The van der Waals surface area contributed by atoms with Gasteiger partial charge in [0.15, 0.2) is 11.4 Å². The molecule has 0 saturated heterocycles. The maximum absolute atomic E-state index is 13.6. The molecule has 35 heavy (non-hydrogen) atoms. The smallest absolute Gasteiger partial charge is 0.267 e. The van der Waals surface area contributed by atoms with E-state index in [-0.39, 0.29) is 5.56 Å². The molecule has 176 valence electrons. The van der Waals surface area contributed by atoms with Crippen LogP contribution in [0, 0.1) is 13.8 Å². The van der Waals surface area contributed by atoms with Gasteiger partial charge in [-0.3, -0.25) is 9.20 Å². The molecule has 5 rings (SSSR count). The number of methoxy groups -OCH3 is 1. The van der Waals surface area contributed by atoms with Crippen LogP contribution < -0.4 is 15.0 Å². The molecule has 2 aromatic carbocycles. The Morgan fingerprint density at radius 2 is 1.83 bits per heavy atom. The van der Waals surface area contributed by atoms with E-state index >= 15 is 0 Å². The van der Waals surface area contributed by atoms with Gasteiger partial charge in [-0.05, 0) is 67.9 Å². The Balaban J connectivity index is 1.53. The fraction of sp³-hybridized carbons (Fsp3) is 0.148. The summed E-state index contributed by atoms with van der Waals surface area (Å²) in [5.41, 5.74) is 4.45. The standard InChI is InChI=1S/C27H23ClN4O3/c1-17-13-23(30-32(17)21-9-5-8-20(28)15-21)25-18(2)29-26-24(11-6-12-31(26)27(25)33)35-16-19-7-4-10-22(14-19)34-3/h4-15H,16H2,1-3H3. The normalized spacial score (nSPS) is 11.1. The lowest BCUT2D eigenvalue weighted by Gasteiger charge is -2.12. The molecule has 0 aliphatic heterocycles. The van der Waals surface area contributed by atoms with E-state index in [1.165, 1.54) is 4.40 Å². The number of hydrogen-bond acceptors (Lipinski definition) is 5. The van der Waals surface area contributed by atoms with E-state index in [1.54, 1.807) is 30.1 Å². The molecule has 0 aliphatic carbocycles. The lowest BCUT2D eigenvalue weighted by molar-refractivity contribution is 0.306. The number of hydrogen-bond donors (Lipinski definition) is 0. The van der Waals surface area contributed by atoms with Crippen molar-refractivity contribution in [3.05, 3.63) is 105 Å². The van der Waals surface area contributed by atoms with Gasteiger partial charge in [-0.25, -0.2) is 9.67 Å². The van der Waals surface area contributed by atoms with Crippen LogP contribution in [0.15, 0.2) is 77.7 Å². The second kappa shape index (κ2) is 9.27. The first-order valence-corrected chi connectivity index (χ1v) is 11.4. The van der Waals surface area contributed by atoms with Crippen molar-refractivity contribution in [2.24, 2.45) is 0 Å². The minimum absolute atomic E-state index is 0.213. The average Bonchev–Trinajstić information content (AvgIpc) is 3.24. The molecular formula is C27H23ClN4O3. The van der Waals surface area contributed by atoms with Crippen molar-refractivity contribution in [3.63, 3.8) is 0 Å². The molecule has 0 N–H and O–H groups in total. The molecule has 0 saturated carbocycles. The number of fused-ring (bicyclic) bond motifs is 1. The summed E-state index contributed by atoms with van der Waals surface area (Å²) in [7, 11) is 1.63. The van der Waals surface area contributed by atoms with Crippen molar-refractivity contribution >= 4 is 17.2 Å². The zero-order chi connectivity index (χ0) is 24.5. The second-order valence-corrected chi connectivity index (χ2v) is 8.58. The van der Waals surface area contributed by atoms with Gasteiger partial charge in [-0.15, -0.1) is 0 Å². The third-order valence-electron chi connectivity index (χ3n) is 5.72. The van der Waals surface area contributed by atoms with Crippen LogP contribution in [0.25, 0.3) is 22.6 Å². The highest BCUT2D eigenvalue weighted by atomic mass is 35.5. The first-order valence-electron chi connectivity index (χ1n) is 11.1. The van der Waals surface area contributed by atoms with Crippen LogP contribution in [0.2, 0.25) is 5.02 Å². The Hall–Kier alpha value is -4.10. The minimum atomic E-state index is -0.213. The fourth-order valence-electron chi connectivity index (χ4n) is 4.04. The van der Waals surface area contributed by atoms with Gasteiger partial charge in [0.1, 0.15) is 18.1 Å². The Kier molecular flexibility index (Phi) is 6.01. The van der Waals surface area contributed by atoms with Gasteiger partial charge in [0.2, 0.25) is 0 Å². The highest BCUT2D eigenvalue weighted by molar-refractivity contribution is 6.30. The van der Waals surface area contributed by atoms with Crippen LogP contribution in [-0.4, -0.2) is 26.3 Å². The predicted octanol–water partition coefficient (Wildman–Crippen LogP) is 5.41. The summed E-state index contributed by atoms with van der Waals surface area (Å²) in [5, 5.41) is 5.31. The Labute approximate surface area is 207 Å². The lowest BCUT2D eigenvalue weighted by Crippen LogP contribution is -2.19. The van der Waals surface area contributed by atoms with Crippen LogP contribution in [0.1, 0.15) is 17.0 Å². The van der Waals surface area contributed by atoms with Crippen LogP contribution in [-0.2, 0) is 6.61 Å². The Morgan fingerprint density at radius 3 is 2.63 bits per heavy atom.